The Balaban J connectivity index is 0.000000222. The van der Waals surface area contributed by atoms with Crippen molar-refractivity contribution in [1.82, 2.24) is 0 Å². The highest BCUT2D eigenvalue weighted by Crippen LogP contribution is 1.89. The van der Waals surface area contributed by atoms with Crippen LogP contribution in [0.5, 0.6) is 0 Å². The van der Waals surface area contributed by atoms with Gasteiger partial charge in [0.05, 0.1) is 0 Å². The van der Waals surface area contributed by atoms with E-state index in [1.807, 2.05) is 13.8 Å². The Kier molecular flexibility index (Phi) is 5.38. The van der Waals surface area contributed by atoms with E-state index in [9.17, 15) is 0 Å². The van der Waals surface area contributed by atoms with Crippen LogP contribution < -0.4 is 0 Å². The summed E-state index contributed by atoms with van der Waals surface area (Å²) < 4.78 is 0. The van der Waals surface area contributed by atoms with Crippen LogP contribution in [0.15, 0.2) is 24.7 Å². The fraction of sp³-hybridized carbons (Fsp3) is 0.333. The predicted molar refractivity (Wildman–Crippen MR) is 31.8 cm³/mol. The zero-order valence-corrected chi connectivity index (χ0v) is 5.13. The lowest BCUT2D eigenvalue weighted by atomic mass is 10.6. The van der Waals surface area contributed by atoms with Crippen molar-refractivity contribution in [3.63, 3.8) is 0 Å². The molecular weight excluding hydrogens is 104 g/mol. The molecule has 0 unspecified atom stereocenters. The summed E-state index contributed by atoms with van der Waals surface area (Å²) >= 11 is 0. The van der Waals surface area contributed by atoms with Gasteiger partial charge in [-0.25, -0.2) is 0 Å². The van der Waals surface area contributed by atoms with Crippen LogP contribution in [0.25, 0.3) is 0 Å². The van der Waals surface area contributed by atoms with Crippen molar-refractivity contribution in [2.24, 2.45) is 0 Å². The maximum Gasteiger partial charge on any atom is 0.142 e. The SMILES string of the molecule is C1=COOC=C1.CC. The molecule has 8 heavy (non-hydrogen) atoms. The van der Waals surface area contributed by atoms with Crippen LogP contribution in [-0.2, 0) is 9.78 Å². The van der Waals surface area contributed by atoms with Crippen LogP contribution in [0, 0.1) is 0 Å². The molecule has 0 N–H and O–H groups in total. The minimum Gasteiger partial charge on any atom is -0.299 e. The molecule has 1 aliphatic rings. The van der Waals surface area contributed by atoms with E-state index in [0.717, 1.165) is 0 Å². The Bertz CT molecular complexity index is 72.5. The van der Waals surface area contributed by atoms with Gasteiger partial charge in [-0.2, -0.15) is 0 Å². The molecule has 1 rings (SSSR count). The van der Waals surface area contributed by atoms with Gasteiger partial charge in [-0.15, -0.1) is 0 Å². The first-order chi connectivity index (χ1) is 4.00. The largest absolute Gasteiger partial charge is 0.299 e. The zero-order valence-electron chi connectivity index (χ0n) is 5.13. The molecule has 0 aliphatic carbocycles. The maximum absolute atomic E-state index is 4.30. The van der Waals surface area contributed by atoms with Gasteiger partial charge in [-0.3, -0.25) is 9.78 Å². The summed E-state index contributed by atoms with van der Waals surface area (Å²) in [5.41, 5.74) is 0. The van der Waals surface area contributed by atoms with Gasteiger partial charge in [-0.1, -0.05) is 13.8 Å². The zero-order chi connectivity index (χ0) is 6.24. The second-order valence-electron chi connectivity index (χ2n) is 0.850. The maximum atomic E-state index is 4.30. The van der Waals surface area contributed by atoms with E-state index in [1.54, 1.807) is 12.2 Å². The van der Waals surface area contributed by atoms with Crippen molar-refractivity contribution in [3.8, 4) is 0 Å². The highest BCUT2D eigenvalue weighted by atomic mass is 17.2. The lowest BCUT2D eigenvalue weighted by Crippen LogP contribution is -1.78. The molecule has 0 aromatic carbocycles. The topological polar surface area (TPSA) is 18.5 Å². The second kappa shape index (κ2) is 6.08. The highest BCUT2D eigenvalue weighted by molar-refractivity contribution is 4.97. The molecule has 0 amide bonds. The molecule has 0 saturated heterocycles. The van der Waals surface area contributed by atoms with E-state index in [-0.39, 0.29) is 0 Å². The second-order valence-corrected chi connectivity index (χ2v) is 0.850. The van der Waals surface area contributed by atoms with Crippen LogP contribution in [0.3, 0.4) is 0 Å². The monoisotopic (exact) mass is 114 g/mol. The molecule has 46 valence electrons. The average Bonchev–Trinajstić information content (AvgIpc) is 1.96. The fourth-order valence-electron chi connectivity index (χ4n) is 0.219. The Morgan fingerprint density at radius 1 is 0.875 bits per heavy atom. The lowest BCUT2D eigenvalue weighted by Gasteiger charge is -1.94. The Hall–Kier alpha value is -0.920. The minimum absolute atomic E-state index is 1.46. The van der Waals surface area contributed by atoms with E-state index in [1.165, 1.54) is 12.5 Å². The molecule has 0 fully saturated rings. The van der Waals surface area contributed by atoms with Crippen molar-refractivity contribution < 1.29 is 9.78 Å². The molecule has 2 heteroatoms. The van der Waals surface area contributed by atoms with Crippen molar-refractivity contribution in [1.29, 1.82) is 0 Å². The van der Waals surface area contributed by atoms with Crippen molar-refractivity contribution in [2.75, 3.05) is 0 Å². The summed E-state index contributed by atoms with van der Waals surface area (Å²) in [6.07, 6.45) is 6.40. The van der Waals surface area contributed by atoms with Gasteiger partial charge in [0.25, 0.3) is 0 Å². The third-order valence-corrected chi connectivity index (χ3v) is 0.435. The molecule has 2 nitrogen and oxygen atoms in total. The van der Waals surface area contributed by atoms with Crippen LogP contribution in [-0.4, -0.2) is 0 Å². The number of allylic oxidation sites excluding steroid dienone is 2. The van der Waals surface area contributed by atoms with E-state index in [2.05, 4.69) is 9.78 Å². The number of hydrogen-bond donors (Lipinski definition) is 0. The Morgan fingerprint density at radius 3 is 1.38 bits per heavy atom. The Morgan fingerprint density at radius 2 is 1.25 bits per heavy atom. The van der Waals surface area contributed by atoms with Crippen molar-refractivity contribution in [2.45, 2.75) is 13.8 Å². The normalized spacial score (nSPS) is 12.8. The van der Waals surface area contributed by atoms with E-state index in [4.69, 9.17) is 0 Å². The first-order valence-corrected chi connectivity index (χ1v) is 2.64. The van der Waals surface area contributed by atoms with Gasteiger partial charge in [0.1, 0.15) is 12.5 Å². The summed E-state index contributed by atoms with van der Waals surface area (Å²) in [6, 6.07) is 0. The van der Waals surface area contributed by atoms with Gasteiger partial charge in [-0.05, 0) is 12.2 Å². The lowest BCUT2D eigenvalue weighted by molar-refractivity contribution is -0.198. The minimum atomic E-state index is 1.46. The summed E-state index contributed by atoms with van der Waals surface area (Å²) in [4.78, 5) is 8.60. The van der Waals surface area contributed by atoms with E-state index < -0.39 is 0 Å². The number of rotatable bonds is 0. The van der Waals surface area contributed by atoms with Gasteiger partial charge in [0, 0.05) is 0 Å². The molecule has 0 aromatic heterocycles. The standard InChI is InChI=1S/C4H4O2.C2H6/c1-2-4-6-5-3-1;1-2/h1-4H;1-2H3. The predicted octanol–water partition coefficient (Wildman–Crippen LogP) is 2.00. The van der Waals surface area contributed by atoms with Gasteiger partial charge in [0.2, 0.25) is 0 Å². The molecule has 0 bridgehead atoms. The van der Waals surface area contributed by atoms with Crippen molar-refractivity contribution >= 4 is 0 Å². The molecule has 1 heterocycles. The van der Waals surface area contributed by atoms with E-state index >= 15 is 0 Å². The third-order valence-electron chi connectivity index (χ3n) is 0.435. The smallest absolute Gasteiger partial charge is 0.142 e. The highest BCUT2D eigenvalue weighted by Gasteiger charge is 1.75. The summed E-state index contributed by atoms with van der Waals surface area (Å²) in [5.74, 6) is 0. The Labute approximate surface area is 49.3 Å². The van der Waals surface area contributed by atoms with Crippen LogP contribution >= 0.6 is 0 Å². The molecule has 0 radical (unpaired) electrons. The summed E-state index contributed by atoms with van der Waals surface area (Å²) in [5, 5.41) is 0. The fourth-order valence-corrected chi connectivity index (χ4v) is 0.219. The van der Waals surface area contributed by atoms with Crippen molar-refractivity contribution in [3.05, 3.63) is 24.7 Å². The molecule has 1 aliphatic heterocycles. The average molecular weight is 114 g/mol. The van der Waals surface area contributed by atoms with Gasteiger partial charge in [0.15, 0.2) is 0 Å². The molecule has 0 saturated carbocycles. The molecule has 0 atom stereocenters. The summed E-state index contributed by atoms with van der Waals surface area (Å²) in [7, 11) is 0. The van der Waals surface area contributed by atoms with Crippen LogP contribution in [0.2, 0.25) is 0 Å². The van der Waals surface area contributed by atoms with Crippen LogP contribution in [0.1, 0.15) is 13.8 Å². The third kappa shape index (κ3) is 3.28. The molecule has 0 spiro atoms. The first kappa shape index (κ1) is 7.08. The molecular formula is C6H10O2. The van der Waals surface area contributed by atoms with E-state index in [0.29, 0.717) is 0 Å². The quantitative estimate of drug-likeness (QED) is 0.448. The number of hydrogen-bond acceptors (Lipinski definition) is 2. The summed E-state index contributed by atoms with van der Waals surface area (Å²) in [6.45, 7) is 4.00. The molecule has 0 aromatic rings. The van der Waals surface area contributed by atoms with Crippen LogP contribution in [0.4, 0.5) is 0 Å². The first-order valence-electron chi connectivity index (χ1n) is 2.64. The van der Waals surface area contributed by atoms with Gasteiger partial charge >= 0.3 is 0 Å². The van der Waals surface area contributed by atoms with Gasteiger partial charge < -0.3 is 0 Å².